The number of allylic oxidation sites excluding steroid dienone is 1. The van der Waals surface area contributed by atoms with Crippen LogP contribution in [-0.2, 0) is 16.1 Å². The molecule has 0 N–H and O–H groups in total. The minimum absolute atomic E-state index is 0.142. The lowest BCUT2D eigenvalue weighted by Gasteiger charge is -2.24. The number of benzene rings is 3. The summed E-state index contributed by atoms with van der Waals surface area (Å²) < 4.78 is 14.4. The molecular weight excluding hydrogens is 688 g/mol. The summed E-state index contributed by atoms with van der Waals surface area (Å²) in [6.45, 7) is 6.07. The van der Waals surface area contributed by atoms with E-state index in [0.29, 0.717) is 54.8 Å². The van der Waals surface area contributed by atoms with E-state index in [9.17, 15) is 19.7 Å². The fraction of sp³-hybridized carbons (Fsp3) is 0.206. The van der Waals surface area contributed by atoms with Crippen LogP contribution in [0.1, 0.15) is 37.9 Å². The number of hydrogen-bond acceptors (Lipinski definition) is 11. The molecule has 1 aliphatic heterocycles. The monoisotopic (exact) mass is 716 g/mol. The van der Waals surface area contributed by atoms with Crippen molar-refractivity contribution in [3.63, 3.8) is 0 Å². The Morgan fingerprint density at radius 1 is 1.12 bits per heavy atom. The van der Waals surface area contributed by atoms with Gasteiger partial charge in [0, 0.05) is 34.2 Å². The number of halogens is 1. The Morgan fingerprint density at radius 3 is 2.57 bits per heavy atom. The Morgan fingerprint density at radius 2 is 1.90 bits per heavy atom. The van der Waals surface area contributed by atoms with E-state index in [1.165, 1.54) is 28.5 Å². The molecule has 0 spiro atoms. The zero-order valence-electron chi connectivity index (χ0n) is 26.7. The highest BCUT2D eigenvalue weighted by Crippen LogP contribution is 2.35. The van der Waals surface area contributed by atoms with E-state index in [4.69, 9.17) is 21.1 Å². The molecule has 2 aromatic heterocycles. The predicted octanol–water partition coefficient (Wildman–Crippen LogP) is 5.80. The van der Waals surface area contributed by atoms with Crippen molar-refractivity contribution in [1.82, 2.24) is 19.3 Å². The number of nitrogens with zero attached hydrogens (tertiary/aromatic N) is 6. The number of aromatic nitrogens is 4. The number of carbonyl (C=O) groups is 1. The highest BCUT2D eigenvalue weighted by molar-refractivity contribution is 7.99. The van der Waals surface area contributed by atoms with Crippen LogP contribution in [0.2, 0.25) is 5.02 Å². The van der Waals surface area contributed by atoms with Crippen molar-refractivity contribution in [1.29, 1.82) is 0 Å². The maximum absolute atomic E-state index is 14.2. The third kappa shape index (κ3) is 6.67. The quantitative estimate of drug-likeness (QED) is 0.0996. The van der Waals surface area contributed by atoms with Crippen molar-refractivity contribution < 1.29 is 19.2 Å². The highest BCUT2D eigenvalue weighted by Gasteiger charge is 2.33. The van der Waals surface area contributed by atoms with Crippen molar-refractivity contribution in [2.24, 2.45) is 4.99 Å². The molecule has 5 aromatic rings. The molecule has 6 rings (SSSR count). The zero-order valence-corrected chi connectivity index (χ0v) is 29.1. The van der Waals surface area contributed by atoms with Crippen LogP contribution >= 0.6 is 34.7 Å². The molecular formula is C34H29ClN6O6S2. The zero-order chi connectivity index (χ0) is 34.8. The SMILES string of the molecule is CCOC(=O)C1=C(C)N=c2s/c(=C/c3cc([N+](=O)[O-])ccc3Sc3nnc(-c4cccc(Cl)c4)n3CC)c(=O)n2[C@H]1c1ccc(OC)cc1. The molecule has 3 heterocycles. The summed E-state index contributed by atoms with van der Waals surface area (Å²) in [4.78, 5) is 44.5. The molecule has 0 unspecified atom stereocenters. The lowest BCUT2D eigenvalue weighted by atomic mass is 9.96. The van der Waals surface area contributed by atoms with Crippen molar-refractivity contribution in [2.45, 2.75) is 43.4 Å². The Hall–Kier alpha value is -5.05. The van der Waals surface area contributed by atoms with Crippen molar-refractivity contribution >= 4 is 52.4 Å². The molecule has 0 saturated carbocycles. The second-order valence-electron chi connectivity index (χ2n) is 10.7. The molecule has 15 heteroatoms. The number of methoxy groups -OCH3 is 1. The molecule has 0 bridgehead atoms. The van der Waals surface area contributed by atoms with Crippen LogP contribution in [0.3, 0.4) is 0 Å². The van der Waals surface area contributed by atoms with E-state index >= 15 is 0 Å². The van der Waals surface area contributed by atoms with Crippen LogP contribution in [0.4, 0.5) is 5.69 Å². The van der Waals surface area contributed by atoms with Gasteiger partial charge in [0.25, 0.3) is 11.2 Å². The fourth-order valence-electron chi connectivity index (χ4n) is 5.48. The lowest BCUT2D eigenvalue weighted by molar-refractivity contribution is -0.384. The third-order valence-corrected chi connectivity index (χ3v) is 10.1. The minimum atomic E-state index is -0.824. The van der Waals surface area contributed by atoms with E-state index in [1.54, 1.807) is 69.5 Å². The van der Waals surface area contributed by atoms with Crippen molar-refractivity contribution in [2.75, 3.05) is 13.7 Å². The first-order valence-electron chi connectivity index (χ1n) is 15.1. The molecule has 12 nitrogen and oxygen atoms in total. The van der Waals surface area contributed by atoms with Gasteiger partial charge in [-0.25, -0.2) is 9.79 Å². The van der Waals surface area contributed by atoms with Crippen LogP contribution in [0.5, 0.6) is 5.75 Å². The number of thiazole rings is 1. The normalized spacial score (nSPS) is 14.4. The van der Waals surface area contributed by atoms with Gasteiger partial charge < -0.3 is 14.0 Å². The minimum Gasteiger partial charge on any atom is -0.497 e. The van der Waals surface area contributed by atoms with Gasteiger partial charge in [-0.2, -0.15) is 0 Å². The first-order chi connectivity index (χ1) is 23.6. The van der Waals surface area contributed by atoms with Crippen LogP contribution in [0.25, 0.3) is 17.5 Å². The van der Waals surface area contributed by atoms with E-state index in [0.717, 1.165) is 16.9 Å². The molecule has 3 aromatic carbocycles. The predicted molar refractivity (Wildman–Crippen MR) is 187 cm³/mol. The smallest absolute Gasteiger partial charge is 0.338 e. The average Bonchev–Trinajstić information content (AvgIpc) is 3.64. The van der Waals surface area contributed by atoms with Gasteiger partial charge in [-0.15, -0.1) is 10.2 Å². The second-order valence-corrected chi connectivity index (χ2v) is 13.2. The lowest BCUT2D eigenvalue weighted by Crippen LogP contribution is -2.39. The number of esters is 1. The van der Waals surface area contributed by atoms with Gasteiger partial charge >= 0.3 is 5.97 Å². The number of rotatable bonds is 10. The molecule has 0 amide bonds. The summed E-state index contributed by atoms with van der Waals surface area (Å²) in [5, 5.41) is 21.8. The molecule has 0 aliphatic carbocycles. The van der Waals surface area contributed by atoms with Gasteiger partial charge in [0.05, 0.1) is 40.5 Å². The number of ether oxygens (including phenoxy) is 2. The summed E-state index contributed by atoms with van der Waals surface area (Å²) in [5.41, 5.74) is 1.99. The maximum atomic E-state index is 14.2. The van der Waals surface area contributed by atoms with Gasteiger partial charge in [0.2, 0.25) is 0 Å². The average molecular weight is 717 g/mol. The molecule has 0 fully saturated rings. The number of hydrogen-bond donors (Lipinski definition) is 0. The number of fused-ring (bicyclic) bond motifs is 1. The molecule has 0 radical (unpaired) electrons. The first-order valence-corrected chi connectivity index (χ1v) is 17.1. The molecule has 1 aliphatic rings. The van der Waals surface area contributed by atoms with Gasteiger partial charge in [-0.05, 0) is 80.1 Å². The first kappa shape index (κ1) is 33.8. The van der Waals surface area contributed by atoms with Crippen molar-refractivity contribution in [3.8, 4) is 17.1 Å². The molecule has 1 atom stereocenters. The standard InChI is InChI=1S/C34H29ClN6O6S2/c1-5-39-30(21-8-7-9-23(35)16-21)37-38-34(39)48-26-15-12-24(41(44)45)17-22(26)18-27-31(42)40-29(20-10-13-25(46-4)14-11-20)28(32(43)47-6-2)19(3)36-33(40)49-27/h7-18,29H,5-6H2,1-4H3/b27-18+/t29-/m0/s1. The van der Waals surface area contributed by atoms with Gasteiger partial charge in [-0.1, -0.05) is 47.2 Å². The van der Waals surface area contributed by atoms with Crippen molar-refractivity contribution in [3.05, 3.63) is 124 Å². The molecule has 49 heavy (non-hydrogen) atoms. The number of carbonyl (C=O) groups excluding carboxylic acids is 1. The topological polar surface area (TPSA) is 144 Å². The van der Waals surface area contributed by atoms with Gasteiger partial charge in [0.1, 0.15) is 5.75 Å². The molecule has 250 valence electrons. The van der Waals surface area contributed by atoms with E-state index in [2.05, 4.69) is 15.2 Å². The Labute approximate surface area is 293 Å². The van der Waals surface area contributed by atoms with E-state index < -0.39 is 22.5 Å². The number of nitro groups is 1. The summed E-state index contributed by atoms with van der Waals surface area (Å²) in [7, 11) is 1.55. The van der Waals surface area contributed by atoms with Gasteiger partial charge in [-0.3, -0.25) is 19.5 Å². The van der Waals surface area contributed by atoms with Crippen LogP contribution in [-0.4, -0.2) is 43.9 Å². The largest absolute Gasteiger partial charge is 0.497 e. The maximum Gasteiger partial charge on any atom is 0.338 e. The Kier molecular flexibility index (Phi) is 9.81. The number of nitro benzene ring substituents is 1. The van der Waals surface area contributed by atoms with E-state index in [1.807, 2.05) is 23.6 Å². The Bertz CT molecular complexity index is 2310. The van der Waals surface area contributed by atoms with Gasteiger partial charge in [0.15, 0.2) is 15.8 Å². The van der Waals surface area contributed by atoms with E-state index in [-0.39, 0.29) is 22.4 Å². The third-order valence-electron chi connectivity index (χ3n) is 7.76. The highest BCUT2D eigenvalue weighted by atomic mass is 35.5. The fourth-order valence-corrected chi connectivity index (χ4v) is 7.68. The summed E-state index contributed by atoms with van der Waals surface area (Å²) in [5.74, 6) is 0.660. The summed E-state index contributed by atoms with van der Waals surface area (Å²) >= 11 is 8.63. The van der Waals surface area contributed by atoms with Crippen LogP contribution in [0.15, 0.2) is 97.8 Å². The van der Waals surface area contributed by atoms with Crippen LogP contribution in [0, 0.1) is 10.1 Å². The Balaban J connectivity index is 1.49. The second kappa shape index (κ2) is 14.2. The summed E-state index contributed by atoms with van der Waals surface area (Å²) in [6.07, 6.45) is 1.61. The summed E-state index contributed by atoms with van der Waals surface area (Å²) in [6, 6.07) is 18.0. The molecule has 0 saturated heterocycles. The number of non-ortho nitro benzene ring substituents is 1. The van der Waals surface area contributed by atoms with Crippen LogP contribution < -0.4 is 19.6 Å².